The van der Waals surface area contributed by atoms with Crippen LogP contribution in [0.25, 0.3) is 16.8 Å². The molecule has 0 fully saturated rings. The summed E-state index contributed by atoms with van der Waals surface area (Å²) in [5.74, 6) is -0.124. The Morgan fingerprint density at radius 3 is 2.40 bits per heavy atom. The summed E-state index contributed by atoms with van der Waals surface area (Å²) in [6.07, 6.45) is 3.24. The van der Waals surface area contributed by atoms with Crippen molar-refractivity contribution in [1.29, 1.82) is 0 Å². The molecular weight excluding hydrogens is 376 g/mol. The van der Waals surface area contributed by atoms with E-state index in [1.54, 1.807) is 48.7 Å². The Labute approximate surface area is 174 Å². The van der Waals surface area contributed by atoms with Crippen LogP contribution in [0.3, 0.4) is 0 Å². The molecule has 0 aliphatic rings. The van der Waals surface area contributed by atoms with E-state index in [4.69, 9.17) is 4.42 Å². The van der Waals surface area contributed by atoms with Crippen molar-refractivity contribution in [3.05, 3.63) is 114 Å². The lowest BCUT2D eigenvalue weighted by molar-refractivity contribution is -0.118. The molecule has 0 atom stereocenters. The molecule has 0 bridgehead atoms. The molecule has 30 heavy (non-hydrogen) atoms. The van der Waals surface area contributed by atoms with Gasteiger partial charge in [-0.2, -0.15) is 0 Å². The van der Waals surface area contributed by atoms with Crippen molar-refractivity contribution in [2.75, 3.05) is 0 Å². The smallest absolute Gasteiger partial charge is 0.268 e. The van der Waals surface area contributed by atoms with Crippen LogP contribution in [0.5, 0.6) is 0 Å². The van der Waals surface area contributed by atoms with Crippen LogP contribution < -0.4 is 10.6 Å². The predicted molar refractivity (Wildman–Crippen MR) is 116 cm³/mol. The Kier molecular flexibility index (Phi) is 5.71. The average molecular weight is 396 g/mol. The maximum atomic E-state index is 12.9. The minimum absolute atomic E-state index is 0.159. The Morgan fingerprint density at radius 2 is 1.60 bits per heavy atom. The number of carbonyl (C=O) groups excluding carboxylic acids is 2. The first-order valence-electron chi connectivity index (χ1n) is 9.57. The molecule has 0 aliphatic heterocycles. The molecule has 0 saturated carbocycles. The van der Waals surface area contributed by atoms with Crippen molar-refractivity contribution in [2.24, 2.45) is 0 Å². The van der Waals surface area contributed by atoms with Gasteiger partial charge in [-0.05, 0) is 46.7 Å². The van der Waals surface area contributed by atoms with Crippen molar-refractivity contribution >= 4 is 28.7 Å². The highest BCUT2D eigenvalue weighted by Gasteiger charge is 2.15. The number of carbonyl (C=O) groups is 2. The number of nitrogens with one attached hydrogen (secondary N) is 2. The van der Waals surface area contributed by atoms with Crippen LogP contribution in [0.4, 0.5) is 0 Å². The lowest BCUT2D eigenvalue weighted by Crippen LogP contribution is -2.34. The van der Waals surface area contributed by atoms with E-state index in [-0.39, 0.29) is 18.1 Å². The fourth-order valence-electron chi connectivity index (χ4n) is 3.15. The average Bonchev–Trinajstić information content (AvgIpc) is 3.31. The van der Waals surface area contributed by atoms with E-state index in [0.717, 1.165) is 16.3 Å². The van der Waals surface area contributed by atoms with E-state index in [1.807, 2.05) is 48.5 Å². The summed E-state index contributed by atoms with van der Waals surface area (Å²) >= 11 is 0. The first kappa shape index (κ1) is 19.2. The van der Waals surface area contributed by atoms with E-state index in [0.29, 0.717) is 11.3 Å². The van der Waals surface area contributed by atoms with Gasteiger partial charge in [-0.3, -0.25) is 9.59 Å². The minimum Gasteiger partial charge on any atom is -0.467 e. The molecule has 0 spiro atoms. The molecule has 3 aromatic carbocycles. The van der Waals surface area contributed by atoms with E-state index in [9.17, 15) is 9.59 Å². The topological polar surface area (TPSA) is 71.3 Å². The second-order valence-electron chi connectivity index (χ2n) is 6.71. The first-order valence-corrected chi connectivity index (χ1v) is 9.57. The molecule has 148 valence electrons. The molecule has 4 aromatic rings. The zero-order valence-corrected chi connectivity index (χ0v) is 16.2. The van der Waals surface area contributed by atoms with Crippen LogP contribution in [-0.4, -0.2) is 11.8 Å². The fourth-order valence-corrected chi connectivity index (χ4v) is 3.15. The van der Waals surface area contributed by atoms with Gasteiger partial charge in [-0.25, -0.2) is 0 Å². The van der Waals surface area contributed by atoms with E-state index < -0.39 is 5.91 Å². The normalized spacial score (nSPS) is 11.3. The third-order valence-corrected chi connectivity index (χ3v) is 4.66. The highest BCUT2D eigenvalue weighted by molar-refractivity contribution is 6.06. The van der Waals surface area contributed by atoms with Crippen molar-refractivity contribution in [3.8, 4) is 0 Å². The molecule has 1 aromatic heterocycles. The summed E-state index contributed by atoms with van der Waals surface area (Å²) in [6, 6.07) is 26.1. The zero-order chi connectivity index (χ0) is 20.8. The summed E-state index contributed by atoms with van der Waals surface area (Å²) in [5, 5.41) is 7.59. The molecule has 0 radical (unpaired) electrons. The molecule has 4 rings (SSSR count). The molecule has 5 nitrogen and oxygen atoms in total. The molecule has 2 N–H and O–H groups in total. The van der Waals surface area contributed by atoms with Crippen LogP contribution in [-0.2, 0) is 11.3 Å². The highest BCUT2D eigenvalue weighted by atomic mass is 16.3. The quantitative estimate of drug-likeness (QED) is 0.471. The molecular formula is C25H20N2O3. The Hall–Kier alpha value is -4.12. The number of benzene rings is 3. The third-order valence-electron chi connectivity index (χ3n) is 4.66. The predicted octanol–water partition coefficient (Wildman–Crippen LogP) is 4.52. The number of hydrogen-bond donors (Lipinski definition) is 2. The van der Waals surface area contributed by atoms with Gasteiger partial charge in [0.15, 0.2) is 0 Å². The van der Waals surface area contributed by atoms with E-state index in [2.05, 4.69) is 10.6 Å². The van der Waals surface area contributed by atoms with Crippen molar-refractivity contribution in [1.82, 2.24) is 10.6 Å². The van der Waals surface area contributed by atoms with Crippen molar-refractivity contribution < 1.29 is 14.0 Å². The maximum Gasteiger partial charge on any atom is 0.268 e. The number of furan rings is 1. The summed E-state index contributed by atoms with van der Waals surface area (Å²) < 4.78 is 5.27. The zero-order valence-electron chi connectivity index (χ0n) is 16.2. The van der Waals surface area contributed by atoms with Gasteiger partial charge in [0.25, 0.3) is 11.8 Å². The molecule has 0 unspecified atom stereocenters. The minimum atomic E-state index is -0.399. The second-order valence-corrected chi connectivity index (χ2v) is 6.71. The van der Waals surface area contributed by atoms with Gasteiger partial charge in [0.1, 0.15) is 11.5 Å². The van der Waals surface area contributed by atoms with Gasteiger partial charge in [0, 0.05) is 5.56 Å². The largest absolute Gasteiger partial charge is 0.467 e. The number of amides is 2. The van der Waals surface area contributed by atoms with Crippen LogP contribution >= 0.6 is 0 Å². The third kappa shape index (κ3) is 4.47. The van der Waals surface area contributed by atoms with Crippen LogP contribution in [0.1, 0.15) is 21.7 Å². The Bertz CT molecular complexity index is 1190. The number of fused-ring (bicyclic) bond motifs is 1. The van der Waals surface area contributed by atoms with E-state index in [1.165, 1.54) is 0 Å². The number of hydrogen-bond acceptors (Lipinski definition) is 3. The maximum absolute atomic E-state index is 12.9. The molecule has 2 amide bonds. The second kappa shape index (κ2) is 8.92. The Morgan fingerprint density at radius 1 is 0.833 bits per heavy atom. The molecule has 0 aliphatic carbocycles. The summed E-state index contributed by atoms with van der Waals surface area (Å²) in [6.45, 7) is 0.222. The van der Waals surface area contributed by atoms with Crippen molar-refractivity contribution in [2.45, 2.75) is 6.54 Å². The number of rotatable bonds is 6. The Balaban J connectivity index is 1.66. The van der Waals surface area contributed by atoms with Crippen LogP contribution in [0.2, 0.25) is 0 Å². The summed E-state index contributed by atoms with van der Waals surface area (Å²) in [4.78, 5) is 25.6. The van der Waals surface area contributed by atoms with E-state index >= 15 is 0 Å². The van der Waals surface area contributed by atoms with Crippen LogP contribution in [0, 0.1) is 0 Å². The van der Waals surface area contributed by atoms with Gasteiger partial charge in [-0.15, -0.1) is 0 Å². The molecule has 0 saturated heterocycles. The fraction of sp³-hybridized carbons (Fsp3) is 0.0400. The standard InChI is InChI=1S/C25H20N2O3/c28-24(19-9-2-1-3-10-19)27-23(25(29)26-17-21-13-7-15-30-21)16-20-12-6-11-18-8-4-5-14-22(18)20/h1-16H,17H2,(H,26,29)(H,27,28)/b23-16-. The van der Waals surface area contributed by atoms with Gasteiger partial charge in [0.2, 0.25) is 0 Å². The first-order chi connectivity index (χ1) is 14.7. The lowest BCUT2D eigenvalue weighted by Gasteiger charge is -2.11. The summed E-state index contributed by atoms with van der Waals surface area (Å²) in [5.41, 5.74) is 1.47. The molecule has 1 heterocycles. The van der Waals surface area contributed by atoms with Gasteiger partial charge in [0.05, 0.1) is 12.8 Å². The van der Waals surface area contributed by atoms with Crippen LogP contribution in [0.15, 0.2) is 101 Å². The van der Waals surface area contributed by atoms with Gasteiger partial charge < -0.3 is 15.1 Å². The lowest BCUT2D eigenvalue weighted by atomic mass is 10.0. The van der Waals surface area contributed by atoms with Gasteiger partial charge in [-0.1, -0.05) is 60.7 Å². The van der Waals surface area contributed by atoms with Crippen molar-refractivity contribution in [3.63, 3.8) is 0 Å². The highest BCUT2D eigenvalue weighted by Crippen LogP contribution is 2.20. The monoisotopic (exact) mass is 396 g/mol. The SMILES string of the molecule is O=C(NCc1ccco1)/C(=C/c1cccc2ccccc12)NC(=O)c1ccccc1. The molecule has 5 heteroatoms. The summed E-state index contributed by atoms with van der Waals surface area (Å²) in [7, 11) is 0. The van der Waals surface area contributed by atoms with Gasteiger partial charge >= 0.3 is 0 Å².